The number of hydrogen-bond acceptors (Lipinski definition) is 6. The van der Waals surface area contributed by atoms with E-state index in [1.54, 1.807) is 24.3 Å². The number of aromatic nitrogens is 2. The van der Waals surface area contributed by atoms with Crippen LogP contribution in [0, 0.1) is 6.92 Å². The summed E-state index contributed by atoms with van der Waals surface area (Å²) in [6.45, 7) is 3.38. The minimum atomic E-state index is -0.468. The van der Waals surface area contributed by atoms with Gasteiger partial charge >= 0.3 is 0 Å². The number of thioether (sulfide) groups is 1. The van der Waals surface area contributed by atoms with Crippen molar-refractivity contribution in [3.63, 3.8) is 0 Å². The summed E-state index contributed by atoms with van der Waals surface area (Å²) in [5, 5.41) is 11.4. The van der Waals surface area contributed by atoms with Gasteiger partial charge in [0.15, 0.2) is 10.1 Å². The van der Waals surface area contributed by atoms with E-state index in [9.17, 15) is 9.59 Å². The van der Waals surface area contributed by atoms with Gasteiger partial charge in [-0.3, -0.25) is 9.59 Å². The molecule has 5 nitrogen and oxygen atoms in total. The largest absolute Gasteiger partial charge is 0.325 e. The second kappa shape index (κ2) is 8.25. The van der Waals surface area contributed by atoms with Crippen molar-refractivity contribution < 1.29 is 9.59 Å². The summed E-state index contributed by atoms with van der Waals surface area (Å²) in [7, 11) is 0. The van der Waals surface area contributed by atoms with Crippen LogP contribution in [0.25, 0.3) is 0 Å². The third-order valence-corrected chi connectivity index (χ3v) is 5.78. The monoisotopic (exact) mass is 383 g/mol. The minimum Gasteiger partial charge on any atom is -0.325 e. The number of hydrogen-bond donors (Lipinski definition) is 1. The third kappa shape index (κ3) is 4.56. The Morgan fingerprint density at radius 1 is 1.08 bits per heavy atom. The van der Waals surface area contributed by atoms with Gasteiger partial charge in [-0.25, -0.2) is 0 Å². The number of carbonyl (C=O) groups excluding carboxylic acids is 2. The maximum Gasteiger partial charge on any atom is 0.242 e. The van der Waals surface area contributed by atoms with Gasteiger partial charge in [-0.1, -0.05) is 65.6 Å². The first-order valence-corrected chi connectivity index (χ1v) is 9.66. The van der Waals surface area contributed by atoms with E-state index in [1.165, 1.54) is 30.0 Å². The van der Waals surface area contributed by atoms with Crippen molar-refractivity contribution >= 4 is 40.5 Å². The highest BCUT2D eigenvalue weighted by molar-refractivity contribution is 8.01. The zero-order valence-electron chi connectivity index (χ0n) is 14.3. The SMILES string of the molecule is CC(=O)c1cccc(NC(=O)[C@H](Sc2nnc(C)s2)c2ccccc2)c1. The Labute approximate surface area is 159 Å². The zero-order chi connectivity index (χ0) is 18.5. The summed E-state index contributed by atoms with van der Waals surface area (Å²) in [6.07, 6.45) is 0. The number of aryl methyl sites for hydroxylation is 1. The molecule has 3 rings (SSSR count). The fourth-order valence-electron chi connectivity index (χ4n) is 2.35. The van der Waals surface area contributed by atoms with E-state index < -0.39 is 5.25 Å². The van der Waals surface area contributed by atoms with Crippen LogP contribution in [0.15, 0.2) is 58.9 Å². The van der Waals surface area contributed by atoms with Gasteiger partial charge in [0.05, 0.1) is 0 Å². The summed E-state index contributed by atoms with van der Waals surface area (Å²) in [5.41, 5.74) is 2.04. The molecular weight excluding hydrogens is 366 g/mol. The number of benzene rings is 2. The molecule has 0 unspecified atom stereocenters. The molecule has 1 atom stereocenters. The molecule has 7 heteroatoms. The summed E-state index contributed by atoms with van der Waals surface area (Å²) >= 11 is 2.82. The first kappa shape index (κ1) is 18.3. The molecule has 1 aromatic heterocycles. The quantitative estimate of drug-likeness (QED) is 0.500. The van der Waals surface area contributed by atoms with Crippen LogP contribution in [0.2, 0.25) is 0 Å². The topological polar surface area (TPSA) is 72.0 Å². The predicted octanol–water partition coefficient (Wildman–Crippen LogP) is 4.52. The van der Waals surface area contributed by atoms with Gasteiger partial charge in [-0.2, -0.15) is 0 Å². The molecular formula is C19H17N3O2S2. The lowest BCUT2D eigenvalue weighted by atomic mass is 10.1. The van der Waals surface area contributed by atoms with Crippen LogP contribution in [-0.2, 0) is 4.79 Å². The van der Waals surface area contributed by atoms with Gasteiger partial charge in [0.1, 0.15) is 10.3 Å². The Bertz CT molecular complexity index is 925. The molecule has 0 radical (unpaired) electrons. The van der Waals surface area contributed by atoms with E-state index in [0.29, 0.717) is 11.3 Å². The first-order valence-electron chi connectivity index (χ1n) is 7.96. The molecule has 0 bridgehead atoms. The van der Waals surface area contributed by atoms with E-state index in [-0.39, 0.29) is 11.7 Å². The lowest BCUT2D eigenvalue weighted by molar-refractivity contribution is -0.115. The van der Waals surface area contributed by atoms with E-state index in [0.717, 1.165) is 14.9 Å². The standard InChI is InChI=1S/C19H17N3O2S2/c1-12(23)15-9-6-10-16(11-15)20-18(24)17(14-7-4-3-5-8-14)26-19-22-21-13(2)25-19/h3-11,17H,1-2H3,(H,20,24)/t17-/m1/s1. The van der Waals surface area contributed by atoms with Crippen molar-refractivity contribution in [3.05, 3.63) is 70.7 Å². The summed E-state index contributed by atoms with van der Waals surface area (Å²) < 4.78 is 0.740. The van der Waals surface area contributed by atoms with E-state index >= 15 is 0 Å². The number of anilines is 1. The van der Waals surface area contributed by atoms with Crippen molar-refractivity contribution in [2.75, 3.05) is 5.32 Å². The molecule has 0 saturated heterocycles. The molecule has 0 aliphatic heterocycles. The summed E-state index contributed by atoms with van der Waals surface area (Å²) in [6, 6.07) is 16.5. The van der Waals surface area contributed by atoms with E-state index in [2.05, 4.69) is 15.5 Å². The van der Waals surface area contributed by atoms with Crippen molar-refractivity contribution in [1.29, 1.82) is 0 Å². The van der Waals surface area contributed by atoms with Crippen molar-refractivity contribution in [3.8, 4) is 0 Å². The van der Waals surface area contributed by atoms with E-state index in [1.807, 2.05) is 37.3 Å². The van der Waals surface area contributed by atoms with Crippen LogP contribution in [0.3, 0.4) is 0 Å². The van der Waals surface area contributed by atoms with Crippen molar-refractivity contribution in [2.24, 2.45) is 0 Å². The molecule has 26 heavy (non-hydrogen) atoms. The molecule has 132 valence electrons. The maximum absolute atomic E-state index is 12.9. The van der Waals surface area contributed by atoms with Crippen molar-refractivity contribution in [1.82, 2.24) is 10.2 Å². The van der Waals surface area contributed by atoms with Crippen molar-refractivity contribution in [2.45, 2.75) is 23.4 Å². The lowest BCUT2D eigenvalue weighted by Gasteiger charge is -2.16. The number of carbonyl (C=O) groups is 2. The molecule has 1 heterocycles. The molecule has 1 amide bonds. The number of rotatable bonds is 6. The maximum atomic E-state index is 12.9. The van der Waals surface area contributed by atoms with Crippen LogP contribution < -0.4 is 5.32 Å². The van der Waals surface area contributed by atoms with Crippen LogP contribution in [-0.4, -0.2) is 21.9 Å². The smallest absolute Gasteiger partial charge is 0.242 e. The average Bonchev–Trinajstić information content (AvgIpc) is 3.05. The average molecular weight is 383 g/mol. The van der Waals surface area contributed by atoms with Gasteiger partial charge in [0.25, 0.3) is 0 Å². The zero-order valence-corrected chi connectivity index (χ0v) is 15.9. The molecule has 0 spiro atoms. The molecule has 0 aliphatic carbocycles. The normalized spacial score (nSPS) is 11.8. The Hall–Kier alpha value is -2.51. The van der Waals surface area contributed by atoms with Gasteiger partial charge in [0, 0.05) is 11.3 Å². The molecule has 0 fully saturated rings. The molecule has 2 aromatic carbocycles. The number of ketones is 1. The van der Waals surface area contributed by atoms with Crippen LogP contribution in [0.1, 0.15) is 33.1 Å². The highest BCUT2D eigenvalue weighted by atomic mass is 32.2. The summed E-state index contributed by atoms with van der Waals surface area (Å²) in [4.78, 5) is 24.5. The second-order valence-corrected chi connectivity index (χ2v) is 8.16. The number of nitrogens with one attached hydrogen (secondary N) is 1. The minimum absolute atomic E-state index is 0.0422. The number of amides is 1. The van der Waals surface area contributed by atoms with Crippen LogP contribution in [0.5, 0.6) is 0 Å². The van der Waals surface area contributed by atoms with Crippen LogP contribution >= 0.6 is 23.1 Å². The van der Waals surface area contributed by atoms with Gasteiger partial charge in [-0.15, -0.1) is 10.2 Å². The lowest BCUT2D eigenvalue weighted by Crippen LogP contribution is -2.19. The van der Waals surface area contributed by atoms with E-state index in [4.69, 9.17) is 0 Å². The first-order chi connectivity index (χ1) is 12.5. The molecule has 3 aromatic rings. The Morgan fingerprint density at radius 2 is 1.85 bits per heavy atom. The highest BCUT2D eigenvalue weighted by Crippen LogP contribution is 2.37. The second-order valence-electron chi connectivity index (χ2n) is 5.62. The fraction of sp³-hybridized carbons (Fsp3) is 0.158. The molecule has 1 N–H and O–H groups in total. The predicted molar refractivity (Wildman–Crippen MR) is 105 cm³/mol. The number of nitrogens with zero attached hydrogens (tertiary/aromatic N) is 2. The Morgan fingerprint density at radius 3 is 2.50 bits per heavy atom. The fourth-order valence-corrected chi connectivity index (χ4v) is 4.36. The Kier molecular flexibility index (Phi) is 5.80. The molecule has 0 saturated carbocycles. The Balaban J connectivity index is 1.85. The van der Waals surface area contributed by atoms with Gasteiger partial charge in [-0.05, 0) is 31.5 Å². The van der Waals surface area contributed by atoms with Gasteiger partial charge < -0.3 is 5.32 Å². The number of Topliss-reactive ketones (excluding diaryl/α,β-unsaturated/α-hetero) is 1. The summed E-state index contributed by atoms with van der Waals surface area (Å²) in [5.74, 6) is -0.214. The third-order valence-electron chi connectivity index (χ3n) is 3.60. The highest BCUT2D eigenvalue weighted by Gasteiger charge is 2.24. The molecule has 0 aliphatic rings. The van der Waals surface area contributed by atoms with Crippen LogP contribution in [0.4, 0.5) is 5.69 Å². The van der Waals surface area contributed by atoms with Gasteiger partial charge in [0.2, 0.25) is 5.91 Å².